The first kappa shape index (κ1) is 17.9. The first-order valence-corrected chi connectivity index (χ1v) is 6.34. The minimum absolute atomic E-state index is 0. The Kier molecular flexibility index (Phi) is 8.28. The van der Waals surface area contributed by atoms with E-state index in [1.165, 1.54) is 0 Å². The second-order valence-corrected chi connectivity index (χ2v) is 4.27. The molecule has 0 aromatic heterocycles. The Bertz CT molecular complexity index is 454. The molecule has 1 saturated heterocycles. The maximum atomic E-state index is 11.4. The Labute approximate surface area is 138 Å². The molecule has 1 fully saturated rings. The summed E-state index contributed by atoms with van der Waals surface area (Å²) in [7, 11) is 0. The maximum absolute atomic E-state index is 11.4. The zero-order valence-electron chi connectivity index (χ0n) is 11.7. The zero-order chi connectivity index (χ0) is 14.2. The number of hydrogen-bond donors (Lipinski definition) is 0. The standard InChI is InChI=1S/C15H17O5.W/c1-2-3-12-4-6-14(7-5-12)20-15(16)19-11-18-10-13-8-17-9-13;/h2-7H,8-11H2,1H3;/q-1;. The Hall–Kier alpha value is -1.16. The molecule has 0 radical (unpaired) electrons. The molecule has 0 aliphatic carbocycles. The van der Waals surface area contributed by atoms with Gasteiger partial charge in [0.2, 0.25) is 0 Å². The summed E-state index contributed by atoms with van der Waals surface area (Å²) < 4.78 is 19.9. The molecule has 0 saturated carbocycles. The number of hydrogen-bond acceptors (Lipinski definition) is 5. The number of rotatable bonds is 6. The molecule has 1 heterocycles. The summed E-state index contributed by atoms with van der Waals surface area (Å²) in [6, 6.07) is 7.12. The van der Waals surface area contributed by atoms with Gasteiger partial charge in [-0.25, -0.2) is 10.7 Å². The summed E-state index contributed by atoms with van der Waals surface area (Å²) in [6.45, 7) is 3.52. The molecule has 1 aromatic carbocycles. The molecule has 2 rings (SSSR count). The van der Waals surface area contributed by atoms with Gasteiger partial charge in [0.25, 0.3) is 0 Å². The molecule has 0 unspecified atom stereocenters. The molecule has 0 atom stereocenters. The molecule has 1 aromatic rings. The average Bonchev–Trinajstić information content (AvgIpc) is 2.39. The summed E-state index contributed by atoms with van der Waals surface area (Å²) in [4.78, 5) is 11.4. The number of allylic oxidation sites excluding steroid dienone is 1. The van der Waals surface area contributed by atoms with E-state index in [9.17, 15) is 4.79 Å². The topological polar surface area (TPSA) is 54.0 Å². The predicted molar refractivity (Wildman–Crippen MR) is 73.1 cm³/mol. The summed E-state index contributed by atoms with van der Waals surface area (Å²) in [5, 5.41) is 0. The third kappa shape index (κ3) is 6.42. The van der Waals surface area contributed by atoms with Crippen LogP contribution in [0.3, 0.4) is 0 Å². The summed E-state index contributed by atoms with van der Waals surface area (Å²) in [5.41, 5.74) is 1.04. The average molecular weight is 461 g/mol. The molecule has 1 aliphatic rings. The van der Waals surface area contributed by atoms with Crippen molar-refractivity contribution in [2.45, 2.75) is 6.92 Å². The van der Waals surface area contributed by atoms with Gasteiger partial charge in [0.1, 0.15) is 5.75 Å². The Morgan fingerprint density at radius 2 is 2.05 bits per heavy atom. The van der Waals surface area contributed by atoms with E-state index in [2.05, 4.69) is 0 Å². The fraction of sp³-hybridized carbons (Fsp3) is 0.333. The van der Waals surface area contributed by atoms with Crippen molar-refractivity contribution in [3.63, 3.8) is 0 Å². The first-order chi connectivity index (χ1) is 9.78. The van der Waals surface area contributed by atoms with Gasteiger partial charge in [0.05, 0.1) is 0 Å². The van der Waals surface area contributed by atoms with Crippen LogP contribution in [0, 0.1) is 5.92 Å². The van der Waals surface area contributed by atoms with Gasteiger partial charge in [-0.15, -0.1) is 0 Å². The number of carbonyl (C=O) groups is 1. The van der Waals surface area contributed by atoms with Crippen molar-refractivity contribution in [3.05, 3.63) is 41.8 Å². The number of benzene rings is 1. The van der Waals surface area contributed by atoms with Crippen molar-refractivity contribution in [2.24, 2.45) is 0 Å². The smallest absolute Gasteiger partial charge is 0.444 e. The van der Waals surface area contributed by atoms with Crippen LogP contribution >= 0.6 is 0 Å². The molecule has 0 bridgehead atoms. The first-order valence-electron chi connectivity index (χ1n) is 6.34. The molecule has 0 spiro atoms. The van der Waals surface area contributed by atoms with Crippen LogP contribution in [-0.4, -0.2) is 32.8 Å². The summed E-state index contributed by atoms with van der Waals surface area (Å²) >= 11 is 0. The van der Waals surface area contributed by atoms with E-state index < -0.39 is 6.16 Å². The van der Waals surface area contributed by atoms with Crippen molar-refractivity contribution < 1.29 is 44.8 Å². The van der Waals surface area contributed by atoms with Crippen LogP contribution in [0.25, 0.3) is 6.08 Å². The van der Waals surface area contributed by atoms with Gasteiger partial charge in [-0.05, 0) is 24.6 Å². The minimum Gasteiger partial charge on any atom is -0.444 e. The van der Waals surface area contributed by atoms with E-state index in [0.29, 0.717) is 25.6 Å². The zero-order valence-corrected chi connectivity index (χ0v) is 14.7. The van der Waals surface area contributed by atoms with Crippen molar-refractivity contribution in [1.82, 2.24) is 0 Å². The van der Waals surface area contributed by atoms with Crippen LogP contribution in [0.2, 0.25) is 0 Å². The molecular weight excluding hydrogens is 444 g/mol. The van der Waals surface area contributed by atoms with Crippen LogP contribution in [-0.2, 0) is 35.3 Å². The van der Waals surface area contributed by atoms with Gasteiger partial charge in [-0.2, -0.15) is 0 Å². The second-order valence-electron chi connectivity index (χ2n) is 4.27. The van der Waals surface area contributed by atoms with Crippen LogP contribution < -0.4 is 4.74 Å². The van der Waals surface area contributed by atoms with Gasteiger partial charge in [-0.1, -0.05) is 44.1 Å². The predicted octanol–water partition coefficient (Wildman–Crippen LogP) is 2.81. The van der Waals surface area contributed by atoms with Crippen LogP contribution in [0.5, 0.6) is 5.75 Å². The van der Waals surface area contributed by atoms with Crippen molar-refractivity contribution in [1.29, 1.82) is 0 Å². The molecule has 1 aliphatic heterocycles. The molecule has 5 nitrogen and oxygen atoms in total. The molecule has 6 heteroatoms. The summed E-state index contributed by atoms with van der Waals surface area (Å²) in [6.07, 6.45) is 3.11. The van der Waals surface area contributed by atoms with Gasteiger partial charge in [0, 0.05) is 21.1 Å². The Balaban J connectivity index is 0.00000220. The van der Waals surface area contributed by atoms with E-state index in [1.807, 2.05) is 31.2 Å². The largest absolute Gasteiger partial charge is 0.515 e. The fourth-order valence-corrected chi connectivity index (χ4v) is 1.57. The second kappa shape index (κ2) is 9.72. The van der Waals surface area contributed by atoms with Crippen LogP contribution in [0.4, 0.5) is 4.79 Å². The van der Waals surface area contributed by atoms with Gasteiger partial charge < -0.3 is 18.9 Å². The Morgan fingerprint density at radius 1 is 1.33 bits per heavy atom. The van der Waals surface area contributed by atoms with E-state index in [1.54, 1.807) is 12.1 Å². The third-order valence-electron chi connectivity index (χ3n) is 2.62. The Morgan fingerprint density at radius 3 is 2.62 bits per heavy atom. The van der Waals surface area contributed by atoms with E-state index >= 15 is 0 Å². The van der Waals surface area contributed by atoms with Crippen LogP contribution in [0.1, 0.15) is 12.5 Å². The molecular formula is C15H17O5W-. The number of ether oxygens (including phenoxy) is 4. The normalized spacial score (nSPS) is 14.3. The quantitative estimate of drug-likeness (QED) is 0.215. The van der Waals surface area contributed by atoms with Gasteiger partial charge in [0.15, 0.2) is 6.79 Å². The van der Waals surface area contributed by atoms with Crippen molar-refractivity contribution in [3.8, 4) is 5.75 Å². The summed E-state index contributed by atoms with van der Waals surface area (Å²) in [5.74, 6) is 1.59. The van der Waals surface area contributed by atoms with E-state index in [-0.39, 0.29) is 27.9 Å². The molecule has 0 amide bonds. The fourth-order valence-electron chi connectivity index (χ4n) is 1.57. The van der Waals surface area contributed by atoms with Gasteiger partial charge >= 0.3 is 6.16 Å². The van der Waals surface area contributed by atoms with E-state index in [4.69, 9.17) is 18.9 Å². The van der Waals surface area contributed by atoms with Crippen molar-refractivity contribution in [2.75, 3.05) is 26.6 Å². The van der Waals surface area contributed by atoms with Crippen LogP contribution in [0.15, 0.2) is 30.3 Å². The number of carbonyl (C=O) groups excluding carboxylic acids is 1. The molecule has 0 N–H and O–H groups in total. The molecule has 114 valence electrons. The third-order valence-corrected chi connectivity index (χ3v) is 2.62. The van der Waals surface area contributed by atoms with Gasteiger partial charge in [-0.3, -0.25) is 0 Å². The molecule has 21 heavy (non-hydrogen) atoms. The minimum atomic E-state index is -0.779. The maximum Gasteiger partial charge on any atom is 0.515 e. The van der Waals surface area contributed by atoms with E-state index in [0.717, 1.165) is 11.5 Å². The van der Waals surface area contributed by atoms with Crippen molar-refractivity contribution >= 4 is 12.2 Å². The SMILES string of the molecule is CC=Cc1ccc(OC(=O)OCOC[C-]2COC2)cc1.[W]. The monoisotopic (exact) mass is 461 g/mol.